The zero-order valence-electron chi connectivity index (χ0n) is 10.8. The number of carbonyl (C=O) groups is 1. The normalized spacial score (nSPS) is 13.5. The number of hydrogen-bond acceptors (Lipinski definition) is 4. The molecule has 0 saturated carbocycles. The number of nitrogens with one attached hydrogen (secondary N) is 1. The average molecular weight is 256 g/mol. The van der Waals surface area contributed by atoms with Gasteiger partial charge in [-0.15, -0.1) is 11.3 Å². The number of aliphatic hydroxyl groups is 1. The lowest BCUT2D eigenvalue weighted by Crippen LogP contribution is -2.39. The second kappa shape index (κ2) is 5.60. The van der Waals surface area contributed by atoms with Crippen LogP contribution in [-0.4, -0.2) is 28.6 Å². The number of nitrogens with zero attached hydrogens (tertiary/aromatic N) is 1. The molecule has 2 N–H and O–H groups in total. The molecule has 0 aliphatic rings. The van der Waals surface area contributed by atoms with Crippen molar-refractivity contribution in [2.75, 3.05) is 6.54 Å². The molecule has 1 unspecified atom stereocenters. The molecule has 0 radical (unpaired) electrons. The average Bonchev–Trinajstić information content (AvgIpc) is 2.58. The van der Waals surface area contributed by atoms with Gasteiger partial charge in [-0.2, -0.15) is 0 Å². The Morgan fingerprint density at radius 3 is 2.71 bits per heavy atom. The van der Waals surface area contributed by atoms with E-state index in [9.17, 15) is 9.90 Å². The van der Waals surface area contributed by atoms with Gasteiger partial charge in [0, 0.05) is 11.9 Å². The molecule has 4 nitrogen and oxygen atoms in total. The molecule has 1 rings (SSSR count). The van der Waals surface area contributed by atoms with E-state index in [0.29, 0.717) is 0 Å². The summed E-state index contributed by atoms with van der Waals surface area (Å²) in [6, 6.07) is 0. The quantitative estimate of drug-likeness (QED) is 0.858. The van der Waals surface area contributed by atoms with Crippen LogP contribution in [0.3, 0.4) is 0 Å². The van der Waals surface area contributed by atoms with Gasteiger partial charge in [0.1, 0.15) is 0 Å². The number of thiazole rings is 1. The molecule has 0 bridgehead atoms. The first-order chi connectivity index (χ1) is 7.79. The lowest BCUT2D eigenvalue weighted by Gasteiger charge is -2.25. The first-order valence-corrected chi connectivity index (χ1v) is 6.53. The zero-order valence-corrected chi connectivity index (χ0v) is 11.6. The molecule has 0 fully saturated rings. The molecule has 0 saturated heterocycles. The van der Waals surface area contributed by atoms with Crippen molar-refractivity contribution >= 4 is 17.2 Å². The first kappa shape index (κ1) is 14.1. The minimum atomic E-state index is -0.538. The van der Waals surface area contributed by atoms with Crippen LogP contribution in [0.2, 0.25) is 0 Å². The fourth-order valence-corrected chi connectivity index (χ4v) is 1.85. The molecule has 0 aromatic carbocycles. The number of amides is 1. The number of hydrogen-bond donors (Lipinski definition) is 2. The van der Waals surface area contributed by atoms with Crippen LogP contribution in [0.1, 0.15) is 31.5 Å². The highest BCUT2D eigenvalue weighted by Crippen LogP contribution is 2.18. The maximum absolute atomic E-state index is 11.6. The molecule has 0 spiro atoms. The predicted molar refractivity (Wildman–Crippen MR) is 69.0 cm³/mol. The van der Waals surface area contributed by atoms with Crippen molar-refractivity contribution < 1.29 is 9.90 Å². The van der Waals surface area contributed by atoms with Crippen LogP contribution in [0.5, 0.6) is 0 Å². The van der Waals surface area contributed by atoms with Gasteiger partial charge in [-0.05, 0) is 12.3 Å². The molecule has 1 aromatic heterocycles. The van der Waals surface area contributed by atoms with Crippen molar-refractivity contribution in [1.29, 1.82) is 0 Å². The predicted octanol–water partition coefficient (Wildman–Crippen LogP) is 1.52. The summed E-state index contributed by atoms with van der Waals surface area (Å²) in [4.78, 5) is 15.8. The van der Waals surface area contributed by atoms with Crippen LogP contribution in [0.25, 0.3) is 0 Å². The Hall–Kier alpha value is -0.940. The number of aliphatic hydroxyl groups excluding tert-OH is 1. The molecule has 5 heteroatoms. The third kappa shape index (κ3) is 4.83. The maximum atomic E-state index is 11.6. The van der Waals surface area contributed by atoms with Crippen molar-refractivity contribution in [3.8, 4) is 0 Å². The standard InChI is InChI=1S/C12H20N2O2S/c1-8-14-9(7-17-8)5-11(16)13-6-10(15)12(2,3)4/h7,10,15H,5-6H2,1-4H3,(H,13,16). The van der Waals surface area contributed by atoms with Crippen LogP contribution in [0, 0.1) is 12.3 Å². The lowest BCUT2D eigenvalue weighted by molar-refractivity contribution is -0.121. The number of carbonyl (C=O) groups excluding carboxylic acids is 1. The van der Waals surface area contributed by atoms with Crippen molar-refractivity contribution in [1.82, 2.24) is 10.3 Å². The highest BCUT2D eigenvalue weighted by Gasteiger charge is 2.22. The summed E-state index contributed by atoms with van der Waals surface area (Å²) in [6.07, 6.45) is -0.259. The zero-order chi connectivity index (χ0) is 13.1. The van der Waals surface area contributed by atoms with E-state index in [0.717, 1.165) is 10.7 Å². The Balaban J connectivity index is 2.36. The van der Waals surface area contributed by atoms with Gasteiger partial charge in [0.2, 0.25) is 5.91 Å². The highest BCUT2D eigenvalue weighted by molar-refractivity contribution is 7.09. The molecule has 96 valence electrons. The maximum Gasteiger partial charge on any atom is 0.226 e. The van der Waals surface area contributed by atoms with E-state index in [1.807, 2.05) is 33.1 Å². The van der Waals surface area contributed by atoms with E-state index in [-0.39, 0.29) is 24.3 Å². The Labute approximate surface area is 106 Å². The van der Waals surface area contributed by atoms with Crippen LogP contribution >= 0.6 is 11.3 Å². The second-order valence-electron chi connectivity index (χ2n) is 5.22. The Bertz CT molecular complexity index is 382. The molecule has 17 heavy (non-hydrogen) atoms. The second-order valence-corrected chi connectivity index (χ2v) is 6.28. The van der Waals surface area contributed by atoms with E-state index >= 15 is 0 Å². The minimum Gasteiger partial charge on any atom is -0.391 e. The molecule has 1 aromatic rings. The number of aromatic nitrogens is 1. The lowest BCUT2D eigenvalue weighted by atomic mass is 9.89. The summed E-state index contributed by atoms with van der Waals surface area (Å²) in [7, 11) is 0. The van der Waals surface area contributed by atoms with Gasteiger partial charge < -0.3 is 10.4 Å². The minimum absolute atomic E-state index is 0.0985. The fourth-order valence-electron chi connectivity index (χ4n) is 1.23. The smallest absolute Gasteiger partial charge is 0.226 e. The Morgan fingerprint density at radius 2 is 2.24 bits per heavy atom. The van der Waals surface area contributed by atoms with E-state index in [1.54, 1.807) is 0 Å². The van der Waals surface area contributed by atoms with Crippen molar-refractivity contribution in [2.45, 2.75) is 40.2 Å². The van der Waals surface area contributed by atoms with Gasteiger partial charge in [-0.3, -0.25) is 4.79 Å². The van der Waals surface area contributed by atoms with E-state index in [2.05, 4.69) is 10.3 Å². The van der Waals surface area contributed by atoms with Crippen molar-refractivity contribution in [3.05, 3.63) is 16.1 Å². The van der Waals surface area contributed by atoms with Gasteiger partial charge in [-0.1, -0.05) is 20.8 Å². The van der Waals surface area contributed by atoms with Crippen LogP contribution in [0.4, 0.5) is 0 Å². The fraction of sp³-hybridized carbons (Fsp3) is 0.667. The molecule has 1 amide bonds. The summed E-state index contributed by atoms with van der Waals surface area (Å²) in [5, 5.41) is 15.3. The summed E-state index contributed by atoms with van der Waals surface area (Å²) in [6.45, 7) is 8.01. The third-order valence-corrected chi connectivity index (χ3v) is 3.32. The molecular formula is C12H20N2O2S. The molecule has 0 aliphatic carbocycles. The van der Waals surface area contributed by atoms with Crippen LogP contribution < -0.4 is 5.32 Å². The SMILES string of the molecule is Cc1nc(CC(=O)NCC(O)C(C)(C)C)cs1. The van der Waals surface area contributed by atoms with E-state index < -0.39 is 6.10 Å². The third-order valence-electron chi connectivity index (χ3n) is 2.50. The molecule has 1 heterocycles. The van der Waals surface area contributed by atoms with Gasteiger partial charge in [0.05, 0.1) is 23.2 Å². The molecule has 1 atom stereocenters. The Morgan fingerprint density at radius 1 is 1.59 bits per heavy atom. The van der Waals surface area contributed by atoms with E-state index in [4.69, 9.17) is 0 Å². The first-order valence-electron chi connectivity index (χ1n) is 5.65. The van der Waals surface area contributed by atoms with Gasteiger partial charge in [0.25, 0.3) is 0 Å². The highest BCUT2D eigenvalue weighted by atomic mass is 32.1. The van der Waals surface area contributed by atoms with Gasteiger partial charge in [0.15, 0.2) is 0 Å². The summed E-state index contributed by atoms with van der Waals surface area (Å²) in [5.41, 5.74) is 0.570. The summed E-state index contributed by atoms with van der Waals surface area (Å²) in [5.74, 6) is -0.0985. The summed E-state index contributed by atoms with van der Waals surface area (Å²) < 4.78 is 0. The largest absolute Gasteiger partial charge is 0.391 e. The molecular weight excluding hydrogens is 236 g/mol. The van der Waals surface area contributed by atoms with Crippen LogP contribution in [-0.2, 0) is 11.2 Å². The van der Waals surface area contributed by atoms with Crippen molar-refractivity contribution in [3.63, 3.8) is 0 Å². The van der Waals surface area contributed by atoms with Gasteiger partial charge >= 0.3 is 0 Å². The number of aryl methyl sites for hydroxylation is 1. The van der Waals surface area contributed by atoms with E-state index in [1.165, 1.54) is 11.3 Å². The number of rotatable bonds is 4. The van der Waals surface area contributed by atoms with Gasteiger partial charge in [-0.25, -0.2) is 4.98 Å². The topological polar surface area (TPSA) is 62.2 Å². The summed E-state index contributed by atoms with van der Waals surface area (Å²) >= 11 is 1.53. The molecule has 0 aliphatic heterocycles. The monoisotopic (exact) mass is 256 g/mol. The van der Waals surface area contributed by atoms with Crippen LogP contribution in [0.15, 0.2) is 5.38 Å². The van der Waals surface area contributed by atoms with Crippen molar-refractivity contribution in [2.24, 2.45) is 5.41 Å². The Kier molecular flexibility index (Phi) is 4.65.